The highest BCUT2D eigenvalue weighted by molar-refractivity contribution is 7.89. The number of piperazine rings is 1. The van der Waals surface area contributed by atoms with E-state index in [2.05, 4.69) is 4.90 Å². The summed E-state index contributed by atoms with van der Waals surface area (Å²) in [5.41, 5.74) is 0. The third kappa shape index (κ3) is 3.95. The Hall–Kier alpha value is -1.05. The van der Waals surface area contributed by atoms with Gasteiger partial charge in [0.15, 0.2) is 0 Å². The molecule has 1 aliphatic carbocycles. The Kier molecular flexibility index (Phi) is 5.52. The van der Waals surface area contributed by atoms with Crippen LogP contribution in [0.4, 0.5) is 8.78 Å². The first-order chi connectivity index (χ1) is 11.5. The zero-order chi connectivity index (χ0) is 17.2. The highest BCUT2D eigenvalue weighted by Crippen LogP contribution is 2.26. The van der Waals surface area contributed by atoms with Crippen molar-refractivity contribution in [1.82, 2.24) is 9.21 Å². The number of rotatable bonds is 4. The van der Waals surface area contributed by atoms with Gasteiger partial charge in [0.1, 0.15) is 16.5 Å². The summed E-state index contributed by atoms with van der Waals surface area (Å²) in [4.78, 5) is 1.73. The Morgan fingerprint density at radius 1 is 1.00 bits per heavy atom. The van der Waals surface area contributed by atoms with E-state index >= 15 is 0 Å². The van der Waals surface area contributed by atoms with Crippen molar-refractivity contribution in [3.8, 4) is 0 Å². The molecule has 1 aromatic carbocycles. The van der Waals surface area contributed by atoms with Crippen molar-refractivity contribution >= 4 is 10.0 Å². The van der Waals surface area contributed by atoms with Gasteiger partial charge < -0.3 is 4.90 Å². The molecule has 0 bridgehead atoms. The first-order valence-electron chi connectivity index (χ1n) is 8.64. The molecule has 0 unspecified atom stereocenters. The summed E-state index contributed by atoms with van der Waals surface area (Å²) < 4.78 is 53.5. The third-order valence-corrected chi connectivity index (χ3v) is 7.00. The highest BCUT2D eigenvalue weighted by Gasteiger charge is 2.31. The average molecular weight is 358 g/mol. The lowest BCUT2D eigenvalue weighted by Crippen LogP contribution is -2.49. The SMILES string of the molecule is O=S(=O)(c1cc(F)ccc1F)N1CCN(CC2CCCCC2)CC1. The Morgan fingerprint density at radius 3 is 2.33 bits per heavy atom. The molecule has 3 rings (SSSR count). The van der Waals surface area contributed by atoms with Gasteiger partial charge in [-0.15, -0.1) is 0 Å². The van der Waals surface area contributed by atoms with Crippen molar-refractivity contribution < 1.29 is 17.2 Å². The van der Waals surface area contributed by atoms with Gasteiger partial charge in [-0.1, -0.05) is 19.3 Å². The summed E-state index contributed by atoms with van der Waals surface area (Å²) in [7, 11) is -3.98. The summed E-state index contributed by atoms with van der Waals surface area (Å²) >= 11 is 0. The second-order valence-corrected chi connectivity index (χ2v) is 8.69. The molecule has 0 aromatic heterocycles. The van der Waals surface area contributed by atoms with Crippen LogP contribution in [-0.4, -0.2) is 50.3 Å². The minimum Gasteiger partial charge on any atom is -0.300 e. The lowest BCUT2D eigenvalue weighted by atomic mass is 9.89. The van der Waals surface area contributed by atoms with Gasteiger partial charge >= 0.3 is 0 Å². The minimum atomic E-state index is -3.98. The third-order valence-electron chi connectivity index (χ3n) is 5.08. The molecule has 2 aliphatic rings. The van der Waals surface area contributed by atoms with E-state index in [9.17, 15) is 17.2 Å². The fourth-order valence-electron chi connectivity index (χ4n) is 3.70. The van der Waals surface area contributed by atoms with Crippen molar-refractivity contribution in [1.29, 1.82) is 0 Å². The molecule has 2 fully saturated rings. The molecule has 1 heterocycles. The first kappa shape index (κ1) is 17.8. The second-order valence-electron chi connectivity index (χ2n) is 6.78. The fourth-order valence-corrected chi connectivity index (χ4v) is 5.20. The van der Waals surface area contributed by atoms with Crippen LogP contribution < -0.4 is 0 Å². The van der Waals surface area contributed by atoms with Gasteiger partial charge in [-0.05, 0) is 37.0 Å². The normalized spacial score (nSPS) is 21.9. The predicted octanol–water partition coefficient (Wildman–Crippen LogP) is 2.85. The Bertz CT molecular complexity index is 667. The van der Waals surface area contributed by atoms with E-state index in [0.29, 0.717) is 32.1 Å². The average Bonchev–Trinajstić information content (AvgIpc) is 2.58. The van der Waals surface area contributed by atoms with Gasteiger partial charge in [-0.25, -0.2) is 17.2 Å². The van der Waals surface area contributed by atoms with Crippen LogP contribution in [0.2, 0.25) is 0 Å². The highest BCUT2D eigenvalue weighted by atomic mass is 32.2. The molecule has 1 aromatic rings. The Morgan fingerprint density at radius 2 is 1.67 bits per heavy atom. The van der Waals surface area contributed by atoms with Crippen LogP contribution in [0.3, 0.4) is 0 Å². The summed E-state index contributed by atoms with van der Waals surface area (Å²) in [5, 5.41) is 0. The maximum atomic E-state index is 13.8. The van der Waals surface area contributed by atoms with Crippen molar-refractivity contribution in [2.45, 2.75) is 37.0 Å². The number of nitrogens with zero attached hydrogens (tertiary/aromatic N) is 2. The summed E-state index contributed by atoms with van der Waals surface area (Å²) in [6, 6.07) is 2.55. The maximum Gasteiger partial charge on any atom is 0.246 e. The van der Waals surface area contributed by atoms with Gasteiger partial charge in [-0.2, -0.15) is 4.31 Å². The summed E-state index contributed by atoms with van der Waals surface area (Å²) in [6.07, 6.45) is 6.41. The molecule has 7 heteroatoms. The molecular formula is C17H24F2N2O2S. The lowest BCUT2D eigenvalue weighted by Gasteiger charge is -2.36. The number of sulfonamides is 1. The van der Waals surface area contributed by atoms with E-state index in [1.165, 1.54) is 36.4 Å². The maximum absolute atomic E-state index is 13.8. The molecular weight excluding hydrogens is 334 g/mol. The second kappa shape index (κ2) is 7.45. The van der Waals surface area contributed by atoms with E-state index in [-0.39, 0.29) is 0 Å². The quantitative estimate of drug-likeness (QED) is 0.831. The van der Waals surface area contributed by atoms with Crippen LogP contribution in [0.25, 0.3) is 0 Å². The molecule has 4 nitrogen and oxygen atoms in total. The van der Waals surface area contributed by atoms with E-state index in [4.69, 9.17) is 0 Å². The topological polar surface area (TPSA) is 40.6 Å². The van der Waals surface area contributed by atoms with Crippen LogP contribution >= 0.6 is 0 Å². The predicted molar refractivity (Wildman–Crippen MR) is 88.1 cm³/mol. The molecule has 24 heavy (non-hydrogen) atoms. The standard InChI is InChI=1S/C17H24F2N2O2S/c18-15-6-7-16(19)17(12-15)24(22,23)21-10-8-20(9-11-21)13-14-4-2-1-3-5-14/h6-7,12,14H,1-5,8-11,13H2. The van der Waals surface area contributed by atoms with Gasteiger partial charge in [0, 0.05) is 32.7 Å². The summed E-state index contributed by atoms with van der Waals surface area (Å²) in [5.74, 6) is -0.936. The van der Waals surface area contributed by atoms with Gasteiger partial charge in [0.05, 0.1) is 0 Å². The Balaban J connectivity index is 1.62. The van der Waals surface area contributed by atoms with Crippen LogP contribution in [-0.2, 0) is 10.0 Å². The van der Waals surface area contributed by atoms with Gasteiger partial charge in [0.25, 0.3) is 0 Å². The monoisotopic (exact) mass is 358 g/mol. The van der Waals surface area contributed by atoms with Gasteiger partial charge in [-0.3, -0.25) is 0 Å². The van der Waals surface area contributed by atoms with Crippen molar-refractivity contribution in [3.05, 3.63) is 29.8 Å². The Labute approximate surface area is 142 Å². The van der Waals surface area contributed by atoms with Crippen LogP contribution in [0.1, 0.15) is 32.1 Å². The molecule has 134 valence electrons. The minimum absolute atomic E-state index is 0.324. The zero-order valence-corrected chi connectivity index (χ0v) is 14.6. The molecule has 1 saturated carbocycles. The molecule has 0 atom stereocenters. The number of hydrogen-bond acceptors (Lipinski definition) is 3. The molecule has 1 saturated heterocycles. The van der Waals surface area contributed by atoms with Crippen molar-refractivity contribution in [2.24, 2.45) is 5.92 Å². The van der Waals surface area contributed by atoms with Crippen molar-refractivity contribution in [3.63, 3.8) is 0 Å². The van der Waals surface area contributed by atoms with Crippen LogP contribution in [0, 0.1) is 17.6 Å². The smallest absolute Gasteiger partial charge is 0.246 e. The van der Waals surface area contributed by atoms with E-state index in [1.54, 1.807) is 0 Å². The van der Waals surface area contributed by atoms with E-state index in [0.717, 1.165) is 24.7 Å². The molecule has 0 amide bonds. The zero-order valence-electron chi connectivity index (χ0n) is 13.8. The van der Waals surface area contributed by atoms with Crippen LogP contribution in [0.15, 0.2) is 23.1 Å². The lowest BCUT2D eigenvalue weighted by molar-refractivity contribution is 0.149. The molecule has 0 radical (unpaired) electrons. The molecule has 0 N–H and O–H groups in total. The largest absolute Gasteiger partial charge is 0.300 e. The fraction of sp³-hybridized carbons (Fsp3) is 0.647. The molecule has 0 spiro atoms. The van der Waals surface area contributed by atoms with Crippen molar-refractivity contribution in [2.75, 3.05) is 32.7 Å². The molecule has 1 aliphatic heterocycles. The number of hydrogen-bond donors (Lipinski definition) is 0. The van der Waals surface area contributed by atoms with E-state index < -0.39 is 26.6 Å². The summed E-state index contributed by atoms with van der Waals surface area (Å²) in [6.45, 7) is 2.96. The first-order valence-corrected chi connectivity index (χ1v) is 10.1. The van der Waals surface area contributed by atoms with Gasteiger partial charge in [0.2, 0.25) is 10.0 Å². The van der Waals surface area contributed by atoms with E-state index in [1.807, 2.05) is 0 Å². The number of halogens is 2. The number of benzene rings is 1. The van der Waals surface area contributed by atoms with Crippen LogP contribution in [0.5, 0.6) is 0 Å².